The molecular weight excluding hydrogens is 448 g/mol. The minimum absolute atomic E-state index is 0.123. The number of hydrogen-bond donors (Lipinski definition) is 3. The highest BCUT2D eigenvalue weighted by atomic mass is 32.2. The van der Waals surface area contributed by atoms with Gasteiger partial charge in [0.2, 0.25) is 5.78 Å². The highest BCUT2D eigenvalue weighted by Crippen LogP contribution is 2.29. The summed E-state index contributed by atoms with van der Waals surface area (Å²) in [5.41, 5.74) is 1.52. The lowest BCUT2D eigenvalue weighted by Crippen LogP contribution is -2.29. The molecule has 3 aromatic rings. The third-order valence-electron chi connectivity index (χ3n) is 5.43. The summed E-state index contributed by atoms with van der Waals surface area (Å²) >= 11 is 0. The highest BCUT2D eigenvalue weighted by Gasteiger charge is 2.34. The third kappa shape index (κ3) is 5.99. The van der Waals surface area contributed by atoms with Gasteiger partial charge in [0.25, 0.3) is 0 Å². The van der Waals surface area contributed by atoms with Crippen LogP contribution in [0.2, 0.25) is 0 Å². The fraction of sp³-hybridized carbons (Fsp3) is 0.333. The van der Waals surface area contributed by atoms with Crippen LogP contribution < -0.4 is 10.5 Å². The van der Waals surface area contributed by atoms with Crippen molar-refractivity contribution in [3.05, 3.63) is 71.9 Å². The number of carbonyl (C=O) groups is 1. The van der Waals surface area contributed by atoms with E-state index in [-0.39, 0.29) is 35.4 Å². The quantitative estimate of drug-likeness (QED) is 0.381. The fourth-order valence-corrected chi connectivity index (χ4v) is 4.25. The number of nitrogens with one attached hydrogen (secondary N) is 1. The van der Waals surface area contributed by atoms with E-state index in [2.05, 4.69) is 24.6 Å². The van der Waals surface area contributed by atoms with E-state index in [1.807, 2.05) is 30.3 Å². The molecule has 2 heterocycles. The first-order valence-corrected chi connectivity index (χ1v) is 11.8. The van der Waals surface area contributed by atoms with Gasteiger partial charge in [0.05, 0.1) is 30.9 Å². The van der Waals surface area contributed by atoms with E-state index < -0.39 is 22.4 Å². The van der Waals surface area contributed by atoms with Gasteiger partial charge in [-0.15, -0.1) is 0 Å². The summed E-state index contributed by atoms with van der Waals surface area (Å²) in [6.45, 7) is 0.406. The number of aliphatic hydroxyl groups is 1. The molecule has 0 saturated heterocycles. The Bertz CT molecular complexity index is 1220. The van der Waals surface area contributed by atoms with Crippen LogP contribution in [0.3, 0.4) is 0 Å². The van der Waals surface area contributed by atoms with E-state index in [4.69, 9.17) is 5.14 Å². The zero-order valence-electron chi connectivity index (χ0n) is 17.6. The van der Waals surface area contributed by atoms with Crippen molar-refractivity contribution < 1.29 is 22.5 Å². The molecule has 4 rings (SSSR count). The number of anilines is 1. The Hall–Kier alpha value is -3.19. The SMILES string of the molecule is NS(=O)(=O)OCC1CC(O)C(Nc2ncncc2C(=O)c2ccn(Cc3ccccc3)n2)C1. The van der Waals surface area contributed by atoms with Crippen molar-refractivity contribution in [2.75, 3.05) is 11.9 Å². The predicted molar refractivity (Wildman–Crippen MR) is 118 cm³/mol. The monoisotopic (exact) mass is 472 g/mol. The summed E-state index contributed by atoms with van der Waals surface area (Å²) in [7, 11) is -4.05. The molecule has 33 heavy (non-hydrogen) atoms. The summed E-state index contributed by atoms with van der Waals surface area (Å²) < 4.78 is 28.4. The largest absolute Gasteiger partial charge is 0.391 e. The van der Waals surface area contributed by atoms with Crippen LogP contribution in [0.5, 0.6) is 0 Å². The average molecular weight is 473 g/mol. The number of nitrogens with zero attached hydrogens (tertiary/aromatic N) is 4. The van der Waals surface area contributed by atoms with Gasteiger partial charge in [-0.3, -0.25) is 13.7 Å². The maximum absolute atomic E-state index is 13.1. The van der Waals surface area contributed by atoms with Crippen molar-refractivity contribution in [2.45, 2.75) is 31.5 Å². The predicted octanol–water partition coefficient (Wildman–Crippen LogP) is 0.724. The summed E-state index contributed by atoms with van der Waals surface area (Å²) in [6.07, 6.45) is 4.40. The summed E-state index contributed by atoms with van der Waals surface area (Å²) in [5, 5.41) is 22.7. The Kier molecular flexibility index (Phi) is 6.79. The van der Waals surface area contributed by atoms with Crippen LogP contribution in [0.25, 0.3) is 0 Å². The molecule has 0 radical (unpaired) electrons. The Morgan fingerprint density at radius 3 is 2.79 bits per heavy atom. The Morgan fingerprint density at radius 1 is 1.24 bits per heavy atom. The van der Waals surface area contributed by atoms with Gasteiger partial charge in [-0.1, -0.05) is 30.3 Å². The number of aliphatic hydroxyl groups excluding tert-OH is 1. The van der Waals surface area contributed by atoms with Crippen molar-refractivity contribution in [2.24, 2.45) is 11.1 Å². The molecule has 12 heteroatoms. The number of nitrogens with two attached hydrogens (primary N) is 1. The van der Waals surface area contributed by atoms with E-state index in [0.717, 1.165) is 5.56 Å². The van der Waals surface area contributed by atoms with Gasteiger partial charge in [-0.05, 0) is 30.4 Å². The molecule has 0 aliphatic heterocycles. The number of ketones is 1. The molecule has 1 aliphatic rings. The summed E-state index contributed by atoms with van der Waals surface area (Å²) in [5.74, 6) is -0.304. The van der Waals surface area contributed by atoms with Gasteiger partial charge < -0.3 is 10.4 Å². The minimum atomic E-state index is -4.05. The number of benzene rings is 1. The molecule has 174 valence electrons. The van der Waals surface area contributed by atoms with Gasteiger partial charge >= 0.3 is 10.3 Å². The van der Waals surface area contributed by atoms with Crippen molar-refractivity contribution in [3.63, 3.8) is 0 Å². The summed E-state index contributed by atoms with van der Waals surface area (Å²) in [6, 6.07) is 10.9. The van der Waals surface area contributed by atoms with Crippen molar-refractivity contribution >= 4 is 21.9 Å². The maximum atomic E-state index is 13.1. The van der Waals surface area contributed by atoms with E-state index >= 15 is 0 Å². The molecule has 0 bridgehead atoms. The number of carbonyl (C=O) groups excluding carboxylic acids is 1. The molecule has 1 saturated carbocycles. The van der Waals surface area contributed by atoms with Crippen LogP contribution in [0, 0.1) is 5.92 Å². The second-order valence-electron chi connectivity index (χ2n) is 7.93. The Labute approximate surface area is 190 Å². The topological polar surface area (TPSA) is 162 Å². The van der Waals surface area contributed by atoms with Crippen molar-refractivity contribution in [1.82, 2.24) is 19.7 Å². The molecule has 0 amide bonds. The number of rotatable bonds is 9. The van der Waals surface area contributed by atoms with Gasteiger partial charge in [0.1, 0.15) is 17.8 Å². The Morgan fingerprint density at radius 2 is 2.03 bits per heavy atom. The maximum Gasteiger partial charge on any atom is 0.333 e. The van der Waals surface area contributed by atoms with Gasteiger partial charge in [0.15, 0.2) is 0 Å². The minimum Gasteiger partial charge on any atom is -0.391 e. The lowest BCUT2D eigenvalue weighted by atomic mass is 10.1. The molecule has 1 aliphatic carbocycles. The lowest BCUT2D eigenvalue weighted by Gasteiger charge is -2.18. The molecule has 0 spiro atoms. The molecule has 11 nitrogen and oxygen atoms in total. The average Bonchev–Trinajstić information content (AvgIpc) is 3.39. The molecular formula is C21H24N6O5S. The first kappa shape index (κ1) is 23.0. The highest BCUT2D eigenvalue weighted by molar-refractivity contribution is 7.84. The van der Waals surface area contributed by atoms with E-state index in [1.54, 1.807) is 16.9 Å². The number of aromatic nitrogens is 4. The molecule has 3 unspecified atom stereocenters. The molecule has 2 aromatic heterocycles. The number of hydrogen-bond acceptors (Lipinski definition) is 9. The second kappa shape index (κ2) is 9.75. The second-order valence-corrected chi connectivity index (χ2v) is 9.15. The van der Waals surface area contributed by atoms with Crippen LogP contribution in [-0.4, -0.2) is 57.8 Å². The fourth-order valence-electron chi connectivity index (χ4n) is 3.87. The van der Waals surface area contributed by atoms with Gasteiger partial charge in [0, 0.05) is 12.4 Å². The van der Waals surface area contributed by atoms with Crippen LogP contribution in [-0.2, 0) is 21.0 Å². The van der Waals surface area contributed by atoms with E-state index in [9.17, 15) is 18.3 Å². The zero-order chi connectivity index (χ0) is 23.4. The zero-order valence-corrected chi connectivity index (χ0v) is 18.4. The van der Waals surface area contributed by atoms with Crippen molar-refractivity contribution in [3.8, 4) is 0 Å². The van der Waals surface area contributed by atoms with Gasteiger partial charge in [-0.25, -0.2) is 15.1 Å². The first-order valence-electron chi connectivity index (χ1n) is 10.3. The first-order chi connectivity index (χ1) is 15.8. The molecule has 1 fully saturated rings. The molecule has 1 aromatic carbocycles. The van der Waals surface area contributed by atoms with Gasteiger partial charge in [-0.2, -0.15) is 13.5 Å². The van der Waals surface area contributed by atoms with Crippen LogP contribution in [0.4, 0.5) is 5.82 Å². The van der Waals surface area contributed by atoms with E-state index in [1.165, 1.54) is 12.5 Å². The lowest BCUT2D eigenvalue weighted by molar-refractivity contribution is 0.103. The van der Waals surface area contributed by atoms with Crippen LogP contribution >= 0.6 is 0 Å². The molecule has 4 N–H and O–H groups in total. The third-order valence-corrected chi connectivity index (χ3v) is 5.90. The Balaban J connectivity index is 1.45. The van der Waals surface area contributed by atoms with Crippen LogP contribution in [0.1, 0.15) is 34.5 Å². The molecule has 3 atom stereocenters. The summed E-state index contributed by atoms with van der Waals surface area (Å²) in [4.78, 5) is 21.2. The van der Waals surface area contributed by atoms with Crippen molar-refractivity contribution in [1.29, 1.82) is 0 Å². The standard InChI is InChI=1S/C21H24N6O5S/c22-33(30,31)32-12-15-8-18(19(28)9-15)25-21-16(10-23-13-24-21)20(29)17-6-7-27(26-17)11-14-4-2-1-3-5-14/h1-7,10,13,15,18-19,28H,8-9,11-12H2,(H2,22,30,31)(H,23,24,25). The smallest absolute Gasteiger partial charge is 0.333 e. The van der Waals surface area contributed by atoms with E-state index in [0.29, 0.717) is 19.4 Å². The normalized spacial score (nSPS) is 20.6. The van der Waals surface area contributed by atoms with Crippen LogP contribution in [0.15, 0.2) is 55.1 Å².